The third-order valence-corrected chi connectivity index (χ3v) is 4.59. The van der Waals surface area contributed by atoms with Gasteiger partial charge in [-0.25, -0.2) is 9.78 Å². The van der Waals surface area contributed by atoms with E-state index in [1.54, 1.807) is 12.3 Å². The van der Waals surface area contributed by atoms with E-state index in [-0.39, 0.29) is 0 Å². The van der Waals surface area contributed by atoms with Crippen molar-refractivity contribution in [2.75, 3.05) is 0 Å². The normalized spacial score (nSPS) is 10.5. The van der Waals surface area contributed by atoms with Gasteiger partial charge in [-0.1, -0.05) is 11.8 Å². The number of nitrogens with zero attached hydrogens (tertiary/aromatic N) is 1. The third kappa shape index (κ3) is 3.08. The lowest BCUT2D eigenvalue weighted by molar-refractivity contribution is 0.0702. The molecule has 17 heavy (non-hydrogen) atoms. The molecule has 2 aromatic heterocycles. The number of carbonyl (C=O) groups is 1. The molecule has 0 aliphatic heterocycles. The number of carboxylic acids is 1. The van der Waals surface area contributed by atoms with Crippen LogP contribution in [0.3, 0.4) is 0 Å². The number of carboxylic acid groups (broad SMARTS) is 1. The first-order chi connectivity index (χ1) is 8.06. The molecule has 0 saturated heterocycles. The van der Waals surface area contributed by atoms with Crippen LogP contribution in [-0.2, 0) is 0 Å². The second kappa shape index (κ2) is 5.20. The highest BCUT2D eigenvalue weighted by Crippen LogP contribution is 2.32. The molecule has 1 N–H and O–H groups in total. The SMILES string of the molecule is Cc1cc(Br)cnc1Sc1csc(C(=O)O)c1. The molecule has 0 bridgehead atoms. The molecule has 2 heterocycles. The van der Waals surface area contributed by atoms with E-state index in [2.05, 4.69) is 20.9 Å². The first-order valence-corrected chi connectivity index (χ1v) is 7.17. The Bertz CT molecular complexity index is 568. The minimum atomic E-state index is -0.887. The number of rotatable bonds is 3. The molecular weight excluding hydrogens is 322 g/mol. The summed E-state index contributed by atoms with van der Waals surface area (Å²) in [5.41, 5.74) is 1.06. The molecule has 0 fully saturated rings. The van der Waals surface area contributed by atoms with Crippen LogP contribution in [0.4, 0.5) is 0 Å². The van der Waals surface area contributed by atoms with E-state index in [0.29, 0.717) is 4.88 Å². The zero-order chi connectivity index (χ0) is 12.4. The van der Waals surface area contributed by atoms with Crippen molar-refractivity contribution in [3.8, 4) is 0 Å². The molecular formula is C11H8BrNO2S2. The van der Waals surface area contributed by atoms with Crippen molar-refractivity contribution in [3.05, 3.63) is 38.6 Å². The van der Waals surface area contributed by atoms with Gasteiger partial charge >= 0.3 is 5.97 Å². The number of thiophene rings is 1. The van der Waals surface area contributed by atoms with Gasteiger partial charge in [0.2, 0.25) is 0 Å². The molecule has 0 spiro atoms. The van der Waals surface area contributed by atoms with Gasteiger partial charge in [-0.15, -0.1) is 11.3 Å². The van der Waals surface area contributed by atoms with Gasteiger partial charge in [0.25, 0.3) is 0 Å². The van der Waals surface area contributed by atoms with Crippen LogP contribution in [0.25, 0.3) is 0 Å². The molecule has 0 radical (unpaired) electrons. The highest BCUT2D eigenvalue weighted by Gasteiger charge is 2.09. The summed E-state index contributed by atoms with van der Waals surface area (Å²) in [6.45, 7) is 1.98. The summed E-state index contributed by atoms with van der Waals surface area (Å²) in [4.78, 5) is 16.3. The maximum absolute atomic E-state index is 10.8. The Labute approximate surface area is 115 Å². The van der Waals surface area contributed by atoms with Gasteiger partial charge in [-0.05, 0) is 40.5 Å². The Hall–Kier alpha value is -0.850. The molecule has 0 atom stereocenters. The zero-order valence-electron chi connectivity index (χ0n) is 8.81. The first-order valence-electron chi connectivity index (χ1n) is 4.68. The number of aromatic carboxylic acids is 1. The average Bonchev–Trinajstić information content (AvgIpc) is 2.71. The van der Waals surface area contributed by atoms with Crippen LogP contribution in [-0.4, -0.2) is 16.1 Å². The molecule has 0 saturated carbocycles. The molecule has 0 aromatic carbocycles. The summed E-state index contributed by atoms with van der Waals surface area (Å²) in [5.74, 6) is -0.887. The molecule has 3 nitrogen and oxygen atoms in total. The minimum Gasteiger partial charge on any atom is -0.477 e. The smallest absolute Gasteiger partial charge is 0.345 e. The Morgan fingerprint density at radius 3 is 2.88 bits per heavy atom. The first kappa shape index (κ1) is 12.6. The van der Waals surface area contributed by atoms with Gasteiger partial charge in [0.15, 0.2) is 0 Å². The lowest BCUT2D eigenvalue weighted by Gasteiger charge is -2.02. The van der Waals surface area contributed by atoms with Gasteiger partial charge in [-0.3, -0.25) is 0 Å². The summed E-state index contributed by atoms with van der Waals surface area (Å²) in [7, 11) is 0. The van der Waals surface area contributed by atoms with E-state index in [0.717, 1.165) is 20.0 Å². The summed E-state index contributed by atoms with van der Waals surface area (Å²) in [6, 6.07) is 3.65. The summed E-state index contributed by atoms with van der Waals surface area (Å²) in [6.07, 6.45) is 1.74. The van der Waals surface area contributed by atoms with Gasteiger partial charge in [0.1, 0.15) is 9.90 Å². The van der Waals surface area contributed by atoms with E-state index in [4.69, 9.17) is 5.11 Å². The monoisotopic (exact) mass is 329 g/mol. The van der Waals surface area contributed by atoms with E-state index in [9.17, 15) is 4.79 Å². The fourth-order valence-electron chi connectivity index (χ4n) is 1.23. The van der Waals surface area contributed by atoms with Crippen LogP contribution >= 0.6 is 39.0 Å². The zero-order valence-corrected chi connectivity index (χ0v) is 12.0. The van der Waals surface area contributed by atoms with Crippen molar-refractivity contribution < 1.29 is 9.90 Å². The second-order valence-electron chi connectivity index (χ2n) is 3.33. The number of halogens is 1. The average molecular weight is 330 g/mol. The van der Waals surface area contributed by atoms with Crippen molar-refractivity contribution in [3.63, 3.8) is 0 Å². The molecule has 2 rings (SSSR count). The predicted molar refractivity (Wildman–Crippen MR) is 72.1 cm³/mol. The molecule has 88 valence electrons. The van der Waals surface area contributed by atoms with E-state index >= 15 is 0 Å². The fraction of sp³-hybridized carbons (Fsp3) is 0.0909. The van der Waals surface area contributed by atoms with Crippen molar-refractivity contribution in [2.24, 2.45) is 0 Å². The van der Waals surface area contributed by atoms with Crippen LogP contribution < -0.4 is 0 Å². The largest absolute Gasteiger partial charge is 0.477 e. The number of aryl methyl sites for hydroxylation is 1. The lowest BCUT2D eigenvalue weighted by atomic mass is 10.3. The highest BCUT2D eigenvalue weighted by molar-refractivity contribution is 9.10. The standard InChI is InChI=1S/C11H8BrNO2S2/c1-6-2-7(12)4-13-10(6)17-8-3-9(11(14)15)16-5-8/h2-5H,1H3,(H,14,15). The van der Waals surface area contributed by atoms with Gasteiger partial charge in [0.05, 0.1) is 0 Å². The van der Waals surface area contributed by atoms with Gasteiger partial charge < -0.3 is 5.11 Å². The van der Waals surface area contributed by atoms with Crippen LogP contribution in [0.2, 0.25) is 0 Å². The lowest BCUT2D eigenvalue weighted by Crippen LogP contribution is -1.90. The second-order valence-corrected chi connectivity index (χ2v) is 6.22. The van der Waals surface area contributed by atoms with Crippen LogP contribution in [0, 0.1) is 6.92 Å². The maximum atomic E-state index is 10.8. The van der Waals surface area contributed by atoms with E-state index in [1.807, 2.05) is 18.4 Å². The van der Waals surface area contributed by atoms with Gasteiger partial charge in [0, 0.05) is 20.9 Å². The number of pyridine rings is 1. The Kier molecular flexibility index (Phi) is 3.86. The molecule has 2 aromatic rings. The number of aromatic nitrogens is 1. The molecule has 0 aliphatic carbocycles. The Morgan fingerprint density at radius 2 is 2.29 bits per heavy atom. The third-order valence-electron chi connectivity index (χ3n) is 2.00. The quantitative estimate of drug-likeness (QED) is 0.922. The maximum Gasteiger partial charge on any atom is 0.345 e. The Balaban J connectivity index is 2.22. The molecule has 0 amide bonds. The number of hydrogen-bond acceptors (Lipinski definition) is 4. The fourth-order valence-corrected chi connectivity index (χ4v) is 3.42. The van der Waals surface area contributed by atoms with Crippen LogP contribution in [0.15, 0.2) is 38.1 Å². The molecule has 6 heteroatoms. The van der Waals surface area contributed by atoms with E-state index in [1.165, 1.54) is 23.1 Å². The highest BCUT2D eigenvalue weighted by atomic mass is 79.9. The van der Waals surface area contributed by atoms with Crippen molar-refractivity contribution in [1.29, 1.82) is 0 Å². The van der Waals surface area contributed by atoms with Crippen molar-refractivity contribution in [1.82, 2.24) is 4.98 Å². The minimum absolute atomic E-state index is 0.349. The summed E-state index contributed by atoms with van der Waals surface area (Å²) < 4.78 is 0.941. The van der Waals surface area contributed by atoms with Gasteiger partial charge in [-0.2, -0.15) is 0 Å². The summed E-state index contributed by atoms with van der Waals surface area (Å²) in [5, 5.41) is 11.6. The topological polar surface area (TPSA) is 50.2 Å². The Morgan fingerprint density at radius 1 is 1.53 bits per heavy atom. The summed E-state index contributed by atoms with van der Waals surface area (Å²) >= 11 is 6.06. The van der Waals surface area contributed by atoms with Crippen LogP contribution in [0.5, 0.6) is 0 Å². The molecule has 0 unspecified atom stereocenters. The van der Waals surface area contributed by atoms with Crippen molar-refractivity contribution in [2.45, 2.75) is 16.8 Å². The van der Waals surface area contributed by atoms with E-state index < -0.39 is 5.97 Å². The van der Waals surface area contributed by atoms with Crippen LogP contribution in [0.1, 0.15) is 15.2 Å². The van der Waals surface area contributed by atoms with Crippen molar-refractivity contribution >= 4 is 45.0 Å². The number of hydrogen-bond donors (Lipinski definition) is 1. The predicted octanol–water partition coefficient (Wildman–Crippen LogP) is 4.06. The molecule has 0 aliphatic rings.